The van der Waals surface area contributed by atoms with Gasteiger partial charge in [0, 0.05) is 18.0 Å². The zero-order valence-corrected chi connectivity index (χ0v) is 10.5. The van der Waals surface area contributed by atoms with Gasteiger partial charge in [-0.15, -0.1) is 0 Å². The highest BCUT2D eigenvalue weighted by atomic mass is 19.1. The fourth-order valence-corrected chi connectivity index (χ4v) is 3.38. The smallest absolute Gasteiger partial charge is 0.213 e. The zero-order valence-electron chi connectivity index (χ0n) is 10.5. The molecule has 2 fully saturated rings. The van der Waals surface area contributed by atoms with E-state index in [0.29, 0.717) is 12.1 Å². The molecule has 18 heavy (non-hydrogen) atoms. The van der Waals surface area contributed by atoms with Crippen molar-refractivity contribution in [3.05, 3.63) is 29.8 Å². The summed E-state index contributed by atoms with van der Waals surface area (Å²) in [6.45, 7) is 0. The Hall–Kier alpha value is -1.29. The number of hydrogen-bond acceptors (Lipinski definition) is 3. The Morgan fingerprint density at radius 3 is 2.61 bits per heavy atom. The number of fused-ring (bicyclic) bond motifs is 2. The van der Waals surface area contributed by atoms with Gasteiger partial charge in [-0.05, 0) is 44.9 Å². The van der Waals surface area contributed by atoms with Gasteiger partial charge < -0.3 is 4.90 Å². The van der Waals surface area contributed by atoms with Crippen LogP contribution in [-0.4, -0.2) is 34.8 Å². The molecule has 96 valence electrons. The van der Waals surface area contributed by atoms with Crippen molar-refractivity contribution in [2.45, 2.75) is 37.8 Å². The topological polar surface area (TPSA) is 33.2 Å². The van der Waals surface area contributed by atoms with E-state index in [1.807, 2.05) is 0 Å². The van der Waals surface area contributed by atoms with Crippen molar-refractivity contribution < 1.29 is 9.18 Å². The number of carbonyl (C=O) groups is 1. The van der Waals surface area contributed by atoms with E-state index < -0.39 is 5.95 Å². The third kappa shape index (κ3) is 1.94. The fourth-order valence-electron chi connectivity index (χ4n) is 3.38. The van der Waals surface area contributed by atoms with Crippen LogP contribution in [0.2, 0.25) is 0 Å². The highest BCUT2D eigenvalue weighted by molar-refractivity contribution is 5.96. The normalized spacial score (nSPS) is 31.6. The van der Waals surface area contributed by atoms with Crippen molar-refractivity contribution in [3.63, 3.8) is 0 Å². The molecule has 0 radical (unpaired) electrons. The first-order valence-electron chi connectivity index (χ1n) is 6.54. The summed E-state index contributed by atoms with van der Waals surface area (Å²) >= 11 is 0. The fraction of sp³-hybridized carbons (Fsp3) is 0.571. The van der Waals surface area contributed by atoms with Crippen LogP contribution in [0.15, 0.2) is 18.2 Å². The van der Waals surface area contributed by atoms with E-state index in [-0.39, 0.29) is 17.4 Å². The Balaban J connectivity index is 1.78. The van der Waals surface area contributed by atoms with Crippen LogP contribution in [0, 0.1) is 11.9 Å². The van der Waals surface area contributed by atoms with Crippen LogP contribution in [0.25, 0.3) is 0 Å². The second-order valence-corrected chi connectivity index (χ2v) is 5.43. The summed E-state index contributed by atoms with van der Waals surface area (Å²) in [4.78, 5) is 18.4. The van der Waals surface area contributed by atoms with Gasteiger partial charge in [-0.1, -0.05) is 6.07 Å². The summed E-state index contributed by atoms with van der Waals surface area (Å²) in [5, 5.41) is 0. The van der Waals surface area contributed by atoms with E-state index in [4.69, 9.17) is 0 Å². The van der Waals surface area contributed by atoms with E-state index in [1.165, 1.54) is 18.9 Å². The molecule has 1 aromatic heterocycles. The van der Waals surface area contributed by atoms with Crippen LogP contribution in [0.4, 0.5) is 4.39 Å². The van der Waals surface area contributed by atoms with Crippen molar-refractivity contribution in [2.75, 3.05) is 7.05 Å². The van der Waals surface area contributed by atoms with Gasteiger partial charge in [-0.2, -0.15) is 4.39 Å². The number of nitrogens with zero attached hydrogens (tertiary/aromatic N) is 2. The lowest BCUT2D eigenvalue weighted by atomic mass is 9.86. The van der Waals surface area contributed by atoms with Crippen LogP contribution in [0.3, 0.4) is 0 Å². The number of carbonyl (C=O) groups excluding carboxylic acids is 1. The average Bonchev–Trinajstić information content (AvgIpc) is 2.61. The molecule has 0 amide bonds. The molecule has 3 heterocycles. The first-order valence-corrected chi connectivity index (χ1v) is 6.54. The van der Waals surface area contributed by atoms with E-state index in [2.05, 4.69) is 16.9 Å². The largest absolute Gasteiger partial charge is 0.300 e. The van der Waals surface area contributed by atoms with E-state index in [9.17, 15) is 9.18 Å². The second kappa shape index (κ2) is 4.43. The first-order chi connectivity index (χ1) is 8.65. The van der Waals surface area contributed by atoms with E-state index >= 15 is 0 Å². The minimum Gasteiger partial charge on any atom is -0.300 e. The van der Waals surface area contributed by atoms with Crippen molar-refractivity contribution in [1.82, 2.24) is 9.88 Å². The molecular weight excluding hydrogens is 231 g/mol. The third-order valence-electron chi connectivity index (χ3n) is 4.44. The SMILES string of the molecule is CN1C2CCC1CC(C(=O)c1cccc(F)n1)C2. The molecule has 2 atom stereocenters. The quantitative estimate of drug-likeness (QED) is 0.594. The maximum absolute atomic E-state index is 13.1. The molecular formula is C14H17FN2O. The van der Waals surface area contributed by atoms with Gasteiger partial charge in [0.1, 0.15) is 5.69 Å². The molecule has 4 heteroatoms. The molecule has 0 saturated carbocycles. The molecule has 2 aliphatic rings. The molecule has 0 aromatic carbocycles. The molecule has 0 aliphatic carbocycles. The molecule has 0 spiro atoms. The lowest BCUT2D eigenvalue weighted by molar-refractivity contribution is 0.0761. The summed E-state index contributed by atoms with van der Waals surface area (Å²) in [5.41, 5.74) is 0.281. The molecule has 3 rings (SSSR count). The van der Waals surface area contributed by atoms with Gasteiger partial charge in [0.05, 0.1) is 0 Å². The van der Waals surface area contributed by atoms with Gasteiger partial charge in [0.25, 0.3) is 0 Å². The molecule has 2 saturated heterocycles. The maximum atomic E-state index is 13.1. The average molecular weight is 248 g/mol. The lowest BCUT2D eigenvalue weighted by Crippen LogP contribution is -2.42. The van der Waals surface area contributed by atoms with Crippen LogP contribution in [0.1, 0.15) is 36.2 Å². The minimum absolute atomic E-state index is 0.0134. The predicted molar refractivity (Wildman–Crippen MR) is 65.8 cm³/mol. The Kier molecular flexibility index (Phi) is 2.90. The van der Waals surface area contributed by atoms with Crippen LogP contribution in [-0.2, 0) is 0 Å². The van der Waals surface area contributed by atoms with Crippen LogP contribution >= 0.6 is 0 Å². The minimum atomic E-state index is -0.572. The summed E-state index contributed by atoms with van der Waals surface area (Å²) < 4.78 is 13.1. The zero-order chi connectivity index (χ0) is 12.7. The van der Waals surface area contributed by atoms with E-state index in [1.54, 1.807) is 12.1 Å². The van der Waals surface area contributed by atoms with Gasteiger partial charge in [0.15, 0.2) is 5.78 Å². The summed E-state index contributed by atoms with van der Waals surface area (Å²) in [6, 6.07) is 5.48. The molecule has 1 aromatic rings. The highest BCUT2D eigenvalue weighted by Crippen LogP contribution is 2.38. The number of Topliss-reactive ketones (excluding diaryl/α,β-unsaturated/α-hetero) is 1. The number of pyridine rings is 1. The van der Waals surface area contributed by atoms with Crippen molar-refractivity contribution >= 4 is 5.78 Å². The number of hydrogen-bond donors (Lipinski definition) is 0. The van der Waals surface area contributed by atoms with Crippen LogP contribution in [0.5, 0.6) is 0 Å². The van der Waals surface area contributed by atoms with Gasteiger partial charge in [0.2, 0.25) is 5.95 Å². The maximum Gasteiger partial charge on any atom is 0.213 e. The van der Waals surface area contributed by atoms with Crippen molar-refractivity contribution in [2.24, 2.45) is 5.92 Å². The molecule has 2 unspecified atom stereocenters. The number of aromatic nitrogens is 1. The molecule has 2 aliphatic heterocycles. The summed E-state index contributed by atoms with van der Waals surface area (Å²) in [7, 11) is 2.14. The number of piperidine rings is 1. The Morgan fingerprint density at radius 1 is 1.33 bits per heavy atom. The van der Waals surface area contributed by atoms with E-state index in [0.717, 1.165) is 12.8 Å². The first kappa shape index (κ1) is 11.8. The summed E-state index contributed by atoms with van der Waals surface area (Å²) in [6.07, 6.45) is 4.15. The Morgan fingerprint density at radius 2 is 2.00 bits per heavy atom. The van der Waals surface area contributed by atoms with Crippen LogP contribution < -0.4 is 0 Å². The lowest BCUT2D eigenvalue weighted by Gasteiger charge is -2.35. The van der Waals surface area contributed by atoms with Gasteiger partial charge >= 0.3 is 0 Å². The van der Waals surface area contributed by atoms with Gasteiger partial charge in [-0.3, -0.25) is 4.79 Å². The predicted octanol–water partition coefficient (Wildman–Crippen LogP) is 2.28. The number of halogens is 1. The third-order valence-corrected chi connectivity index (χ3v) is 4.44. The molecule has 3 nitrogen and oxygen atoms in total. The number of ketones is 1. The monoisotopic (exact) mass is 248 g/mol. The molecule has 0 N–H and O–H groups in total. The summed E-state index contributed by atoms with van der Waals surface area (Å²) in [5.74, 6) is -0.538. The standard InChI is InChI=1S/C14H17FN2O/c1-17-10-5-6-11(17)8-9(7-10)14(18)12-3-2-4-13(15)16-12/h2-4,9-11H,5-8H2,1H3. The number of rotatable bonds is 2. The Bertz CT molecular complexity index is 463. The van der Waals surface area contributed by atoms with Crippen molar-refractivity contribution in [1.29, 1.82) is 0 Å². The highest BCUT2D eigenvalue weighted by Gasteiger charge is 2.41. The van der Waals surface area contributed by atoms with Gasteiger partial charge in [-0.25, -0.2) is 4.98 Å². The van der Waals surface area contributed by atoms with Crippen molar-refractivity contribution in [3.8, 4) is 0 Å². The second-order valence-electron chi connectivity index (χ2n) is 5.43. The Labute approximate surface area is 106 Å². The molecule has 2 bridgehead atoms.